The zero-order valence-electron chi connectivity index (χ0n) is 9.47. The topological polar surface area (TPSA) is 61.4 Å². The van der Waals surface area contributed by atoms with E-state index in [1.54, 1.807) is 6.92 Å². The Morgan fingerprint density at radius 2 is 2.53 bits per heavy atom. The first-order valence-electron chi connectivity index (χ1n) is 5.22. The Balaban J connectivity index is 2.51. The lowest BCUT2D eigenvalue weighted by atomic mass is 10.3. The predicted octanol–water partition coefficient (Wildman–Crippen LogP) is 1.10. The monoisotopic (exact) mass is 240 g/mol. The summed E-state index contributed by atoms with van der Waals surface area (Å²) in [7, 11) is 0. The van der Waals surface area contributed by atoms with Crippen molar-refractivity contribution in [1.82, 2.24) is 15.0 Å². The first-order valence-corrected chi connectivity index (χ1v) is 5.22. The number of ether oxygens (including phenoxy) is 1. The van der Waals surface area contributed by atoms with E-state index < -0.39 is 12.1 Å². The molecule has 7 heteroatoms. The van der Waals surface area contributed by atoms with Gasteiger partial charge in [-0.3, -0.25) is 0 Å². The van der Waals surface area contributed by atoms with Gasteiger partial charge in [0, 0.05) is 0 Å². The van der Waals surface area contributed by atoms with Crippen LogP contribution in [0.4, 0.5) is 4.39 Å². The molecule has 0 spiro atoms. The molecule has 0 N–H and O–H groups in total. The van der Waals surface area contributed by atoms with Gasteiger partial charge in [0.05, 0.1) is 25.8 Å². The van der Waals surface area contributed by atoms with Gasteiger partial charge in [0.15, 0.2) is 5.69 Å². The van der Waals surface area contributed by atoms with Gasteiger partial charge in [-0.15, -0.1) is 5.10 Å². The van der Waals surface area contributed by atoms with E-state index in [4.69, 9.17) is 11.3 Å². The summed E-state index contributed by atoms with van der Waals surface area (Å²) < 4.78 is 19.2. The number of carbonyl (C=O) groups excluding carboxylic acids is 1. The van der Waals surface area contributed by atoms with E-state index in [1.165, 1.54) is 10.9 Å². The molecule has 0 saturated heterocycles. The van der Waals surface area contributed by atoms with Crippen molar-refractivity contribution in [2.24, 2.45) is 0 Å². The molecule has 17 heavy (non-hydrogen) atoms. The number of alkyl halides is 1. The third-order valence-corrected chi connectivity index (χ3v) is 1.96. The standard InChI is InChI=1S/C10H13FN4O2/c1-3-17-10(16)9-7-15(14-13-9)6-8(11)4-5-12-2/h7-8H,3-6H2,1H3/t8-/m1/s1. The largest absolute Gasteiger partial charge is 0.461 e. The summed E-state index contributed by atoms with van der Waals surface area (Å²) >= 11 is 0. The second kappa shape index (κ2) is 6.58. The number of carbonyl (C=O) groups is 1. The summed E-state index contributed by atoms with van der Waals surface area (Å²) in [6, 6.07) is 0. The molecule has 1 aromatic heterocycles. The highest BCUT2D eigenvalue weighted by Gasteiger charge is 2.14. The maximum atomic E-state index is 13.3. The number of esters is 1. The van der Waals surface area contributed by atoms with Crippen molar-refractivity contribution < 1.29 is 13.9 Å². The third-order valence-electron chi connectivity index (χ3n) is 1.96. The van der Waals surface area contributed by atoms with Crippen LogP contribution in [0, 0.1) is 6.57 Å². The van der Waals surface area contributed by atoms with Gasteiger partial charge in [0.2, 0.25) is 6.54 Å². The minimum atomic E-state index is -1.17. The average molecular weight is 240 g/mol. The van der Waals surface area contributed by atoms with Gasteiger partial charge in [-0.1, -0.05) is 5.21 Å². The van der Waals surface area contributed by atoms with Crippen molar-refractivity contribution in [3.05, 3.63) is 23.3 Å². The summed E-state index contributed by atoms with van der Waals surface area (Å²) in [4.78, 5) is 14.3. The Labute approximate surface area is 98.2 Å². The van der Waals surface area contributed by atoms with Crippen molar-refractivity contribution in [2.45, 2.75) is 26.1 Å². The molecular weight excluding hydrogens is 227 g/mol. The van der Waals surface area contributed by atoms with Gasteiger partial charge in [0.1, 0.15) is 6.17 Å². The molecule has 0 radical (unpaired) electrons. The summed E-state index contributed by atoms with van der Waals surface area (Å²) in [6.45, 7) is 8.61. The first kappa shape index (κ1) is 13.1. The molecular formula is C10H13FN4O2. The molecule has 1 aromatic rings. The molecule has 0 bridgehead atoms. The van der Waals surface area contributed by atoms with E-state index in [0.717, 1.165) is 0 Å². The molecule has 0 fully saturated rings. The van der Waals surface area contributed by atoms with Crippen molar-refractivity contribution in [3.8, 4) is 0 Å². The molecule has 0 aliphatic heterocycles. The summed E-state index contributed by atoms with van der Waals surface area (Å²) in [6.07, 6.45) is 0.321. The molecule has 0 aliphatic carbocycles. The Hall–Kier alpha value is -1.97. The number of halogens is 1. The van der Waals surface area contributed by atoms with Crippen LogP contribution in [0.25, 0.3) is 4.85 Å². The number of nitrogens with zero attached hydrogens (tertiary/aromatic N) is 4. The smallest absolute Gasteiger partial charge is 0.360 e. The lowest BCUT2D eigenvalue weighted by molar-refractivity contribution is 0.0519. The Morgan fingerprint density at radius 3 is 3.18 bits per heavy atom. The van der Waals surface area contributed by atoms with Crippen LogP contribution in [0.3, 0.4) is 0 Å². The molecule has 0 amide bonds. The van der Waals surface area contributed by atoms with Crippen molar-refractivity contribution in [3.63, 3.8) is 0 Å². The normalized spacial score (nSPS) is 11.8. The lowest BCUT2D eigenvalue weighted by Crippen LogP contribution is -2.13. The van der Waals surface area contributed by atoms with E-state index in [1.807, 2.05) is 0 Å². The summed E-state index contributed by atoms with van der Waals surface area (Å²) in [5.74, 6) is -0.574. The molecule has 92 valence electrons. The van der Waals surface area contributed by atoms with Crippen LogP contribution in [0.5, 0.6) is 0 Å². The van der Waals surface area contributed by atoms with Crippen molar-refractivity contribution in [1.29, 1.82) is 0 Å². The molecule has 1 rings (SSSR count). The Kier molecular flexibility index (Phi) is 5.07. The third kappa shape index (κ3) is 4.18. The van der Waals surface area contributed by atoms with Crippen LogP contribution in [-0.2, 0) is 11.3 Å². The van der Waals surface area contributed by atoms with Gasteiger partial charge in [0.25, 0.3) is 0 Å². The zero-order chi connectivity index (χ0) is 12.7. The van der Waals surface area contributed by atoms with Crippen LogP contribution in [0.1, 0.15) is 23.8 Å². The zero-order valence-corrected chi connectivity index (χ0v) is 9.47. The molecule has 0 aromatic carbocycles. The van der Waals surface area contributed by atoms with E-state index in [2.05, 4.69) is 15.2 Å². The summed E-state index contributed by atoms with van der Waals surface area (Å²) in [5.41, 5.74) is 0.0595. The first-order chi connectivity index (χ1) is 8.17. The highest BCUT2D eigenvalue weighted by atomic mass is 19.1. The highest BCUT2D eigenvalue weighted by Crippen LogP contribution is 2.03. The molecule has 0 saturated carbocycles. The predicted molar refractivity (Wildman–Crippen MR) is 57.0 cm³/mol. The van der Waals surface area contributed by atoms with E-state index in [-0.39, 0.29) is 31.8 Å². The van der Waals surface area contributed by atoms with Gasteiger partial charge < -0.3 is 9.58 Å². The van der Waals surface area contributed by atoms with Crippen LogP contribution in [0.2, 0.25) is 0 Å². The fourth-order valence-corrected chi connectivity index (χ4v) is 1.19. The number of rotatable bonds is 6. The quantitative estimate of drug-likeness (QED) is 0.552. The van der Waals surface area contributed by atoms with E-state index in [9.17, 15) is 9.18 Å². The maximum Gasteiger partial charge on any atom is 0.360 e. The fraction of sp³-hybridized carbons (Fsp3) is 0.600. The van der Waals surface area contributed by atoms with Gasteiger partial charge in [-0.25, -0.2) is 20.4 Å². The number of hydrogen-bond acceptors (Lipinski definition) is 4. The molecule has 1 heterocycles. The molecule has 1 atom stereocenters. The lowest BCUT2D eigenvalue weighted by Gasteiger charge is -2.03. The van der Waals surface area contributed by atoms with Gasteiger partial charge >= 0.3 is 5.97 Å². The number of hydrogen-bond donors (Lipinski definition) is 0. The fourth-order valence-electron chi connectivity index (χ4n) is 1.19. The Morgan fingerprint density at radius 1 is 1.76 bits per heavy atom. The Bertz CT molecular complexity index is 413. The highest BCUT2D eigenvalue weighted by molar-refractivity contribution is 5.86. The minimum Gasteiger partial charge on any atom is -0.461 e. The molecule has 6 nitrogen and oxygen atoms in total. The van der Waals surface area contributed by atoms with Crippen LogP contribution in [0.15, 0.2) is 6.20 Å². The molecule has 0 aliphatic rings. The van der Waals surface area contributed by atoms with Gasteiger partial charge in [-0.05, 0) is 6.92 Å². The summed E-state index contributed by atoms with van der Waals surface area (Å²) in [5, 5.41) is 7.20. The molecule has 0 unspecified atom stereocenters. The van der Waals surface area contributed by atoms with Crippen molar-refractivity contribution >= 4 is 5.97 Å². The maximum absolute atomic E-state index is 13.3. The minimum absolute atomic E-state index is 0.0120. The van der Waals surface area contributed by atoms with Crippen LogP contribution >= 0.6 is 0 Å². The number of aromatic nitrogens is 3. The van der Waals surface area contributed by atoms with E-state index in [0.29, 0.717) is 0 Å². The van der Waals surface area contributed by atoms with E-state index >= 15 is 0 Å². The average Bonchev–Trinajstić information content (AvgIpc) is 2.75. The second-order valence-corrected chi connectivity index (χ2v) is 3.31. The van der Waals surface area contributed by atoms with Crippen LogP contribution in [-0.4, -0.2) is 40.3 Å². The van der Waals surface area contributed by atoms with Gasteiger partial charge in [-0.2, -0.15) is 0 Å². The van der Waals surface area contributed by atoms with Crippen molar-refractivity contribution in [2.75, 3.05) is 13.2 Å². The SMILES string of the molecule is [C-]#[N+]CC[C@@H](F)Cn1cc(C(=O)OCC)nn1. The van der Waals surface area contributed by atoms with Crippen LogP contribution < -0.4 is 0 Å². The second-order valence-electron chi connectivity index (χ2n) is 3.31.